The molecule has 1 aliphatic rings. The molecule has 0 spiro atoms. The second kappa shape index (κ2) is 4.04. The number of rotatable bonds is 4. The first-order chi connectivity index (χ1) is 6.81. The largest absolute Gasteiger partial charge is 0.382 e. The van der Waals surface area contributed by atoms with Crippen molar-refractivity contribution in [1.82, 2.24) is 0 Å². The van der Waals surface area contributed by atoms with Gasteiger partial charge in [-0.25, -0.2) is 0 Å². The zero-order valence-corrected chi connectivity index (χ0v) is 9.03. The summed E-state index contributed by atoms with van der Waals surface area (Å²) >= 11 is 0. The smallest absolute Gasteiger partial charge is 0.0342 e. The fourth-order valence-electron chi connectivity index (χ4n) is 2.17. The predicted molar refractivity (Wildman–Crippen MR) is 61.4 cm³/mol. The van der Waals surface area contributed by atoms with E-state index >= 15 is 0 Å². The predicted octanol–water partition coefficient (Wildman–Crippen LogP) is 3.53. The van der Waals surface area contributed by atoms with Crippen molar-refractivity contribution in [3.05, 3.63) is 30.3 Å². The van der Waals surface area contributed by atoms with Crippen LogP contribution in [0.4, 0.5) is 5.69 Å². The third-order valence-corrected chi connectivity index (χ3v) is 3.25. The Morgan fingerprint density at radius 3 is 2.50 bits per heavy atom. The van der Waals surface area contributed by atoms with Crippen LogP contribution in [0.1, 0.15) is 26.7 Å². The first-order valence-electron chi connectivity index (χ1n) is 5.63. The first kappa shape index (κ1) is 9.57. The summed E-state index contributed by atoms with van der Waals surface area (Å²) < 4.78 is 0. The molecule has 1 aromatic rings. The Labute approximate surface area is 86.5 Å². The molecule has 1 N–H and O–H groups in total. The summed E-state index contributed by atoms with van der Waals surface area (Å²) in [5.74, 6) is 1.83. The van der Waals surface area contributed by atoms with Gasteiger partial charge in [0.05, 0.1) is 0 Å². The van der Waals surface area contributed by atoms with Crippen molar-refractivity contribution in [3.63, 3.8) is 0 Å². The van der Waals surface area contributed by atoms with Crippen LogP contribution < -0.4 is 5.32 Å². The van der Waals surface area contributed by atoms with Crippen LogP contribution in [0.25, 0.3) is 0 Å². The van der Waals surface area contributed by atoms with E-state index in [2.05, 4.69) is 49.5 Å². The molecule has 3 atom stereocenters. The molecule has 1 aromatic carbocycles. The molecule has 0 radical (unpaired) electrons. The van der Waals surface area contributed by atoms with Crippen molar-refractivity contribution in [2.75, 3.05) is 5.32 Å². The number of nitrogens with one attached hydrogen (secondary N) is 1. The van der Waals surface area contributed by atoms with Crippen molar-refractivity contribution >= 4 is 5.69 Å². The van der Waals surface area contributed by atoms with Gasteiger partial charge in [0, 0.05) is 11.7 Å². The van der Waals surface area contributed by atoms with Crippen LogP contribution in [0.3, 0.4) is 0 Å². The second-order valence-corrected chi connectivity index (χ2v) is 4.40. The van der Waals surface area contributed by atoms with E-state index in [4.69, 9.17) is 0 Å². The van der Waals surface area contributed by atoms with Crippen molar-refractivity contribution in [3.8, 4) is 0 Å². The van der Waals surface area contributed by atoms with Gasteiger partial charge >= 0.3 is 0 Å². The molecule has 1 heteroatoms. The number of hydrogen-bond donors (Lipinski definition) is 1. The van der Waals surface area contributed by atoms with E-state index in [9.17, 15) is 0 Å². The fraction of sp³-hybridized carbons (Fsp3) is 0.538. The van der Waals surface area contributed by atoms with Crippen LogP contribution in [0.5, 0.6) is 0 Å². The summed E-state index contributed by atoms with van der Waals surface area (Å²) in [7, 11) is 0. The molecule has 2 rings (SSSR count). The van der Waals surface area contributed by atoms with Gasteiger partial charge in [0.25, 0.3) is 0 Å². The van der Waals surface area contributed by atoms with Gasteiger partial charge in [-0.05, 0) is 36.8 Å². The van der Waals surface area contributed by atoms with E-state index in [0.717, 1.165) is 11.8 Å². The highest BCUT2D eigenvalue weighted by molar-refractivity contribution is 5.43. The Bertz CT molecular complexity index is 281. The molecule has 0 amide bonds. The number of benzene rings is 1. The van der Waals surface area contributed by atoms with E-state index in [-0.39, 0.29) is 0 Å². The first-order valence-corrected chi connectivity index (χ1v) is 5.63. The van der Waals surface area contributed by atoms with E-state index < -0.39 is 0 Å². The van der Waals surface area contributed by atoms with Gasteiger partial charge in [0.1, 0.15) is 0 Å². The maximum atomic E-state index is 3.62. The number of hydrogen-bond acceptors (Lipinski definition) is 1. The summed E-state index contributed by atoms with van der Waals surface area (Å²) in [6, 6.07) is 11.2. The molecule has 0 aromatic heterocycles. The van der Waals surface area contributed by atoms with Gasteiger partial charge in [0.2, 0.25) is 0 Å². The summed E-state index contributed by atoms with van der Waals surface area (Å²) in [4.78, 5) is 0. The van der Waals surface area contributed by atoms with Crippen LogP contribution in [-0.4, -0.2) is 6.04 Å². The summed E-state index contributed by atoms with van der Waals surface area (Å²) in [6.07, 6.45) is 2.63. The molecule has 76 valence electrons. The highest BCUT2D eigenvalue weighted by atomic mass is 14.9. The monoisotopic (exact) mass is 189 g/mol. The van der Waals surface area contributed by atoms with Gasteiger partial charge in [-0.3, -0.25) is 0 Å². The van der Waals surface area contributed by atoms with Crippen molar-refractivity contribution in [1.29, 1.82) is 0 Å². The molecule has 0 saturated heterocycles. The number of anilines is 1. The molecule has 0 aliphatic heterocycles. The van der Waals surface area contributed by atoms with Crippen LogP contribution in [-0.2, 0) is 0 Å². The van der Waals surface area contributed by atoms with E-state index in [0.29, 0.717) is 6.04 Å². The molecule has 3 unspecified atom stereocenters. The second-order valence-electron chi connectivity index (χ2n) is 4.40. The van der Waals surface area contributed by atoms with Gasteiger partial charge < -0.3 is 5.32 Å². The summed E-state index contributed by atoms with van der Waals surface area (Å²) in [6.45, 7) is 4.62. The third kappa shape index (κ3) is 2.09. The SMILES string of the molecule is CCC(Nc1ccccc1)C1CC1C. The maximum Gasteiger partial charge on any atom is 0.0342 e. The summed E-state index contributed by atoms with van der Waals surface area (Å²) in [5, 5.41) is 3.62. The minimum Gasteiger partial charge on any atom is -0.382 e. The minimum atomic E-state index is 0.674. The average molecular weight is 189 g/mol. The zero-order chi connectivity index (χ0) is 9.97. The molecule has 1 aliphatic carbocycles. The highest BCUT2D eigenvalue weighted by Gasteiger charge is 2.38. The Morgan fingerprint density at radius 1 is 1.36 bits per heavy atom. The minimum absolute atomic E-state index is 0.674. The summed E-state index contributed by atoms with van der Waals surface area (Å²) in [5.41, 5.74) is 1.26. The van der Waals surface area contributed by atoms with Crippen LogP contribution in [0.15, 0.2) is 30.3 Å². The Kier molecular flexibility index (Phi) is 2.76. The van der Waals surface area contributed by atoms with E-state index in [1.54, 1.807) is 0 Å². The van der Waals surface area contributed by atoms with Crippen LogP contribution in [0.2, 0.25) is 0 Å². The lowest BCUT2D eigenvalue weighted by atomic mass is 10.1. The maximum absolute atomic E-state index is 3.62. The van der Waals surface area contributed by atoms with Gasteiger partial charge in [0.15, 0.2) is 0 Å². The van der Waals surface area contributed by atoms with Gasteiger partial charge in [-0.2, -0.15) is 0 Å². The lowest BCUT2D eigenvalue weighted by Gasteiger charge is -2.18. The lowest BCUT2D eigenvalue weighted by Crippen LogP contribution is -2.21. The Morgan fingerprint density at radius 2 is 2.00 bits per heavy atom. The molecular weight excluding hydrogens is 170 g/mol. The number of para-hydroxylation sites is 1. The van der Waals surface area contributed by atoms with Crippen molar-refractivity contribution < 1.29 is 0 Å². The lowest BCUT2D eigenvalue weighted by molar-refractivity contribution is 0.583. The molecule has 1 nitrogen and oxygen atoms in total. The van der Waals surface area contributed by atoms with E-state index in [1.807, 2.05) is 0 Å². The Balaban J connectivity index is 1.95. The fourth-order valence-corrected chi connectivity index (χ4v) is 2.17. The molecule has 0 heterocycles. The zero-order valence-electron chi connectivity index (χ0n) is 9.03. The standard InChI is InChI=1S/C13H19N/c1-3-13(12-9-10(12)2)14-11-7-5-4-6-8-11/h4-8,10,12-14H,3,9H2,1-2H3. The quantitative estimate of drug-likeness (QED) is 0.764. The van der Waals surface area contributed by atoms with Crippen LogP contribution in [0, 0.1) is 11.8 Å². The van der Waals surface area contributed by atoms with Gasteiger partial charge in [-0.15, -0.1) is 0 Å². The molecule has 1 fully saturated rings. The van der Waals surface area contributed by atoms with Crippen molar-refractivity contribution in [2.24, 2.45) is 11.8 Å². The van der Waals surface area contributed by atoms with Crippen LogP contribution >= 0.6 is 0 Å². The molecule has 1 saturated carbocycles. The average Bonchev–Trinajstić information content (AvgIpc) is 2.93. The highest BCUT2D eigenvalue weighted by Crippen LogP contribution is 2.42. The topological polar surface area (TPSA) is 12.0 Å². The normalized spacial score (nSPS) is 27.0. The Hall–Kier alpha value is -0.980. The van der Waals surface area contributed by atoms with Gasteiger partial charge in [-0.1, -0.05) is 32.0 Å². The van der Waals surface area contributed by atoms with E-state index in [1.165, 1.54) is 18.5 Å². The molecule has 14 heavy (non-hydrogen) atoms. The van der Waals surface area contributed by atoms with Crippen molar-refractivity contribution in [2.45, 2.75) is 32.7 Å². The molecule has 0 bridgehead atoms. The third-order valence-electron chi connectivity index (χ3n) is 3.25. The molecular formula is C13H19N.